The van der Waals surface area contributed by atoms with Crippen LogP contribution in [0, 0.1) is 0 Å². The van der Waals surface area contributed by atoms with Crippen LogP contribution in [0.4, 0.5) is 17.1 Å². The normalized spacial score (nSPS) is 11.1. The summed E-state index contributed by atoms with van der Waals surface area (Å²) in [5.41, 5.74) is 13.0. The van der Waals surface area contributed by atoms with Gasteiger partial charge < -0.3 is 4.90 Å². The molecular weight excluding hydrogens is 615 g/mol. The number of hydrogen-bond donors (Lipinski definition) is 0. The molecule has 0 atom stereocenters. The van der Waals surface area contributed by atoms with E-state index in [4.69, 9.17) is 0 Å². The molecule has 1 nitrogen and oxygen atoms in total. The fourth-order valence-corrected chi connectivity index (χ4v) is 7.59. The van der Waals surface area contributed by atoms with E-state index in [0.29, 0.717) is 0 Å². The van der Waals surface area contributed by atoms with Crippen LogP contribution in [0.1, 0.15) is 0 Å². The van der Waals surface area contributed by atoms with Crippen LogP contribution in [0.5, 0.6) is 0 Å². The highest BCUT2D eigenvalue weighted by Crippen LogP contribution is 2.47. The lowest BCUT2D eigenvalue weighted by molar-refractivity contribution is 1.28. The van der Waals surface area contributed by atoms with Crippen molar-refractivity contribution < 1.29 is 0 Å². The number of fused-ring (bicyclic) bond motifs is 3. The van der Waals surface area contributed by atoms with Crippen molar-refractivity contribution in [2.45, 2.75) is 0 Å². The molecule has 240 valence electrons. The Hall–Kier alpha value is -6.70. The maximum absolute atomic E-state index is 2.42. The summed E-state index contributed by atoms with van der Waals surface area (Å²) in [7, 11) is 0. The highest BCUT2D eigenvalue weighted by Gasteiger charge is 2.22. The van der Waals surface area contributed by atoms with Crippen molar-refractivity contribution in [2.75, 3.05) is 4.90 Å². The molecule has 0 bridgehead atoms. The zero-order chi connectivity index (χ0) is 34.0. The van der Waals surface area contributed by atoms with Crippen LogP contribution in [-0.4, -0.2) is 0 Å². The summed E-state index contributed by atoms with van der Waals surface area (Å²) in [6, 6.07) is 76.5. The average molecular weight is 650 g/mol. The summed E-state index contributed by atoms with van der Waals surface area (Å²) in [5.74, 6) is 0. The SMILES string of the molecule is c1ccc(-c2ccccc2N(c2ccc(-c3c(-c4ccccc4)c4ccccc4c4ccccc34)cc2)c2ccccc2-c2ccccc2)cc1. The van der Waals surface area contributed by atoms with Crippen LogP contribution in [0.25, 0.3) is 66.1 Å². The van der Waals surface area contributed by atoms with Gasteiger partial charge in [-0.2, -0.15) is 0 Å². The standard InChI is InChI=1S/C50H35N/c1-4-18-36(19-5-1)41-24-14-16-30-47(41)51(48-31-17-15-25-42(48)37-20-6-2-7-21-37)40-34-32-39(33-35-40)50-46-29-13-11-27-44(46)43-26-10-12-28-45(43)49(50)38-22-8-3-9-23-38/h1-35H. The first-order chi connectivity index (χ1) is 25.3. The van der Waals surface area contributed by atoms with Crippen LogP contribution in [-0.2, 0) is 0 Å². The molecule has 0 radical (unpaired) electrons. The first-order valence-corrected chi connectivity index (χ1v) is 17.5. The minimum Gasteiger partial charge on any atom is -0.309 e. The van der Waals surface area contributed by atoms with E-state index in [1.165, 1.54) is 66.1 Å². The lowest BCUT2D eigenvalue weighted by atomic mass is 9.85. The van der Waals surface area contributed by atoms with Gasteiger partial charge in [-0.3, -0.25) is 0 Å². The maximum Gasteiger partial charge on any atom is 0.0540 e. The van der Waals surface area contributed by atoms with Crippen molar-refractivity contribution in [3.8, 4) is 44.5 Å². The van der Waals surface area contributed by atoms with Crippen LogP contribution >= 0.6 is 0 Å². The minimum absolute atomic E-state index is 1.09. The zero-order valence-corrected chi connectivity index (χ0v) is 28.2. The molecular formula is C50H35N. The monoisotopic (exact) mass is 649 g/mol. The number of rotatable bonds is 7. The second-order valence-corrected chi connectivity index (χ2v) is 12.9. The zero-order valence-electron chi connectivity index (χ0n) is 28.2. The van der Waals surface area contributed by atoms with Gasteiger partial charge in [-0.1, -0.05) is 188 Å². The molecule has 0 N–H and O–H groups in total. The minimum atomic E-state index is 1.09. The molecule has 0 spiro atoms. The second kappa shape index (κ2) is 13.3. The molecule has 9 rings (SSSR count). The summed E-state index contributed by atoms with van der Waals surface area (Å²) in [6.07, 6.45) is 0. The Balaban J connectivity index is 1.28. The van der Waals surface area contributed by atoms with Gasteiger partial charge in [-0.25, -0.2) is 0 Å². The lowest BCUT2D eigenvalue weighted by Crippen LogP contribution is -2.12. The number of nitrogens with zero attached hydrogens (tertiary/aromatic N) is 1. The van der Waals surface area contributed by atoms with Crippen molar-refractivity contribution >= 4 is 38.6 Å². The van der Waals surface area contributed by atoms with E-state index in [1.54, 1.807) is 0 Å². The Morgan fingerprint density at radius 1 is 0.235 bits per heavy atom. The summed E-state index contributed by atoms with van der Waals surface area (Å²) in [6.45, 7) is 0. The van der Waals surface area contributed by atoms with Gasteiger partial charge in [0.15, 0.2) is 0 Å². The first-order valence-electron chi connectivity index (χ1n) is 17.5. The van der Waals surface area contributed by atoms with Crippen LogP contribution < -0.4 is 4.90 Å². The number of benzene rings is 9. The average Bonchev–Trinajstić information content (AvgIpc) is 3.22. The van der Waals surface area contributed by atoms with Crippen molar-refractivity contribution in [1.29, 1.82) is 0 Å². The van der Waals surface area contributed by atoms with Crippen molar-refractivity contribution in [1.82, 2.24) is 0 Å². The molecule has 0 saturated heterocycles. The first kappa shape index (κ1) is 30.4. The summed E-state index contributed by atoms with van der Waals surface area (Å²) >= 11 is 0. The molecule has 51 heavy (non-hydrogen) atoms. The topological polar surface area (TPSA) is 3.24 Å². The Labute approximate surface area is 299 Å². The van der Waals surface area contributed by atoms with Crippen molar-refractivity contribution in [3.63, 3.8) is 0 Å². The molecule has 9 aromatic rings. The van der Waals surface area contributed by atoms with Gasteiger partial charge in [0.25, 0.3) is 0 Å². The van der Waals surface area contributed by atoms with Crippen LogP contribution in [0.15, 0.2) is 212 Å². The van der Waals surface area contributed by atoms with E-state index < -0.39 is 0 Å². The van der Waals surface area contributed by atoms with E-state index in [0.717, 1.165) is 17.1 Å². The quantitative estimate of drug-likeness (QED) is 0.155. The van der Waals surface area contributed by atoms with Crippen LogP contribution in [0.2, 0.25) is 0 Å². The third-order valence-corrected chi connectivity index (χ3v) is 9.87. The fraction of sp³-hybridized carbons (Fsp3) is 0. The third-order valence-electron chi connectivity index (χ3n) is 9.87. The number of hydrogen-bond acceptors (Lipinski definition) is 1. The maximum atomic E-state index is 2.42. The highest BCUT2D eigenvalue weighted by molar-refractivity contribution is 6.21. The smallest absolute Gasteiger partial charge is 0.0540 e. The van der Waals surface area contributed by atoms with Crippen LogP contribution in [0.3, 0.4) is 0 Å². The Morgan fingerprint density at radius 2 is 0.569 bits per heavy atom. The molecule has 1 heteroatoms. The number of para-hydroxylation sites is 2. The lowest BCUT2D eigenvalue weighted by Gasteiger charge is -2.30. The molecule has 0 amide bonds. The van der Waals surface area contributed by atoms with Gasteiger partial charge in [0.05, 0.1) is 11.4 Å². The molecule has 9 aromatic carbocycles. The van der Waals surface area contributed by atoms with Gasteiger partial charge in [0.1, 0.15) is 0 Å². The second-order valence-electron chi connectivity index (χ2n) is 12.9. The Bertz CT molecular complexity index is 2520. The third kappa shape index (κ3) is 5.56. The van der Waals surface area contributed by atoms with Crippen molar-refractivity contribution in [3.05, 3.63) is 212 Å². The molecule has 0 unspecified atom stereocenters. The van der Waals surface area contributed by atoms with Gasteiger partial charge in [-0.05, 0) is 79.2 Å². The molecule has 0 saturated carbocycles. The van der Waals surface area contributed by atoms with E-state index in [2.05, 4.69) is 217 Å². The Kier molecular flexibility index (Phi) is 7.92. The predicted molar refractivity (Wildman–Crippen MR) is 218 cm³/mol. The van der Waals surface area contributed by atoms with E-state index in [1.807, 2.05) is 0 Å². The molecule has 0 aliphatic heterocycles. The summed E-state index contributed by atoms with van der Waals surface area (Å²) in [5, 5.41) is 5.05. The Morgan fingerprint density at radius 3 is 1.02 bits per heavy atom. The van der Waals surface area contributed by atoms with Gasteiger partial charge >= 0.3 is 0 Å². The van der Waals surface area contributed by atoms with E-state index in [9.17, 15) is 0 Å². The van der Waals surface area contributed by atoms with E-state index in [-0.39, 0.29) is 0 Å². The fourth-order valence-electron chi connectivity index (χ4n) is 7.59. The molecule has 0 aromatic heterocycles. The molecule has 0 aliphatic carbocycles. The van der Waals surface area contributed by atoms with Crippen molar-refractivity contribution in [2.24, 2.45) is 0 Å². The number of anilines is 3. The van der Waals surface area contributed by atoms with E-state index >= 15 is 0 Å². The summed E-state index contributed by atoms with van der Waals surface area (Å²) in [4.78, 5) is 2.42. The van der Waals surface area contributed by atoms with Gasteiger partial charge in [0, 0.05) is 16.8 Å². The summed E-state index contributed by atoms with van der Waals surface area (Å²) < 4.78 is 0. The molecule has 0 heterocycles. The van der Waals surface area contributed by atoms with Gasteiger partial charge in [0.2, 0.25) is 0 Å². The van der Waals surface area contributed by atoms with Gasteiger partial charge in [-0.15, -0.1) is 0 Å². The highest BCUT2D eigenvalue weighted by atomic mass is 15.1. The predicted octanol–water partition coefficient (Wildman–Crippen LogP) is 14.1. The largest absolute Gasteiger partial charge is 0.309 e. The molecule has 0 aliphatic rings. The molecule has 0 fully saturated rings.